The fourth-order valence-corrected chi connectivity index (χ4v) is 2.25. The molecule has 0 aliphatic rings. The van der Waals surface area contributed by atoms with Crippen molar-refractivity contribution in [2.24, 2.45) is 0 Å². The van der Waals surface area contributed by atoms with Gasteiger partial charge in [0.15, 0.2) is 0 Å². The average molecular weight is 370 g/mol. The summed E-state index contributed by atoms with van der Waals surface area (Å²) in [7, 11) is 0. The van der Waals surface area contributed by atoms with Crippen LogP contribution in [0.3, 0.4) is 0 Å². The zero-order chi connectivity index (χ0) is 19.5. The fourth-order valence-electron chi connectivity index (χ4n) is 2.25. The van der Waals surface area contributed by atoms with E-state index >= 15 is 0 Å². The van der Waals surface area contributed by atoms with Gasteiger partial charge in [0, 0.05) is 5.97 Å². The highest BCUT2D eigenvalue weighted by molar-refractivity contribution is 5.81. The number of carboxylic acids is 1. The van der Waals surface area contributed by atoms with Crippen molar-refractivity contribution in [3.8, 4) is 0 Å². The molecule has 0 heterocycles. The van der Waals surface area contributed by atoms with E-state index in [0.29, 0.717) is 0 Å². The predicted molar refractivity (Wildman–Crippen MR) is 94.0 cm³/mol. The number of carboxylic acid groups (broad SMARTS) is 1. The maximum Gasteiger partial charge on any atom is 0.408 e. The summed E-state index contributed by atoms with van der Waals surface area (Å²) in [6.07, 6.45) is -1.39. The van der Waals surface area contributed by atoms with E-state index in [1.807, 2.05) is 12.1 Å². The van der Waals surface area contributed by atoms with Crippen LogP contribution in [0.5, 0.6) is 0 Å². The van der Waals surface area contributed by atoms with Gasteiger partial charge in [0.2, 0.25) is 0 Å². The van der Waals surface area contributed by atoms with Gasteiger partial charge < -0.3 is 24.7 Å². The Bertz CT molecular complexity index is 748. The number of esters is 1. The SMILES string of the molecule is O=C([O-])CC[C@@H](NC(=O)OCc1ccccc1)C(=O)OCc1ccccc1. The zero-order valence-electron chi connectivity index (χ0n) is 14.6. The van der Waals surface area contributed by atoms with Gasteiger partial charge in [0.05, 0.1) is 0 Å². The van der Waals surface area contributed by atoms with Gasteiger partial charge in [-0.1, -0.05) is 60.7 Å². The summed E-state index contributed by atoms with van der Waals surface area (Å²) in [4.78, 5) is 34.9. The molecule has 2 rings (SSSR count). The molecule has 0 saturated heterocycles. The van der Waals surface area contributed by atoms with Crippen LogP contribution >= 0.6 is 0 Å². The van der Waals surface area contributed by atoms with Crippen molar-refractivity contribution in [3.05, 3.63) is 71.8 Å². The lowest BCUT2D eigenvalue weighted by atomic mass is 10.1. The molecule has 0 saturated carbocycles. The molecule has 1 atom stereocenters. The Morgan fingerprint density at radius 1 is 0.852 bits per heavy atom. The predicted octanol–water partition coefficient (Wildman–Crippen LogP) is 1.55. The number of hydrogen-bond donors (Lipinski definition) is 1. The van der Waals surface area contributed by atoms with Crippen molar-refractivity contribution >= 4 is 18.0 Å². The largest absolute Gasteiger partial charge is 0.550 e. The van der Waals surface area contributed by atoms with Gasteiger partial charge in [-0.15, -0.1) is 0 Å². The first-order valence-electron chi connectivity index (χ1n) is 8.42. The summed E-state index contributed by atoms with van der Waals surface area (Å²) in [5, 5.41) is 13.0. The summed E-state index contributed by atoms with van der Waals surface area (Å²) >= 11 is 0. The average Bonchev–Trinajstić information content (AvgIpc) is 2.69. The lowest BCUT2D eigenvalue weighted by Crippen LogP contribution is -2.43. The third kappa shape index (κ3) is 7.60. The van der Waals surface area contributed by atoms with Crippen LogP contribution in [0.1, 0.15) is 24.0 Å². The van der Waals surface area contributed by atoms with Crippen LogP contribution in [0.2, 0.25) is 0 Å². The topological polar surface area (TPSA) is 105 Å². The van der Waals surface area contributed by atoms with Crippen molar-refractivity contribution < 1.29 is 29.0 Å². The third-order valence-corrected chi connectivity index (χ3v) is 3.65. The molecule has 7 heteroatoms. The molecule has 2 aromatic carbocycles. The first kappa shape index (κ1) is 20.0. The Morgan fingerprint density at radius 2 is 1.37 bits per heavy atom. The van der Waals surface area contributed by atoms with E-state index in [9.17, 15) is 19.5 Å². The first-order chi connectivity index (χ1) is 13.0. The summed E-state index contributed by atoms with van der Waals surface area (Å²) in [5.41, 5.74) is 1.56. The molecule has 142 valence electrons. The van der Waals surface area contributed by atoms with Crippen LogP contribution in [0, 0.1) is 0 Å². The summed E-state index contributed by atoms with van der Waals surface area (Å²) in [5.74, 6) is -2.06. The van der Waals surface area contributed by atoms with Crippen molar-refractivity contribution in [1.29, 1.82) is 0 Å². The van der Waals surface area contributed by atoms with Crippen LogP contribution in [0.15, 0.2) is 60.7 Å². The number of carbonyl (C=O) groups is 3. The second-order valence-corrected chi connectivity index (χ2v) is 5.76. The van der Waals surface area contributed by atoms with Gasteiger partial charge >= 0.3 is 12.1 Å². The number of benzene rings is 2. The minimum Gasteiger partial charge on any atom is -0.550 e. The van der Waals surface area contributed by atoms with Crippen molar-refractivity contribution in [1.82, 2.24) is 5.32 Å². The normalized spacial score (nSPS) is 11.3. The maximum absolute atomic E-state index is 12.2. The molecule has 2 aromatic rings. The maximum atomic E-state index is 12.2. The second-order valence-electron chi connectivity index (χ2n) is 5.76. The minimum absolute atomic E-state index is 0.0161. The molecule has 0 bridgehead atoms. The van der Waals surface area contributed by atoms with E-state index in [2.05, 4.69) is 5.32 Å². The number of rotatable bonds is 9. The van der Waals surface area contributed by atoms with Gasteiger partial charge in [0.1, 0.15) is 19.3 Å². The Labute approximate surface area is 156 Å². The molecule has 0 radical (unpaired) electrons. The Balaban J connectivity index is 1.88. The van der Waals surface area contributed by atoms with E-state index in [1.165, 1.54) is 0 Å². The summed E-state index contributed by atoms with van der Waals surface area (Å²) in [6.45, 7) is 0.0428. The number of alkyl carbamates (subject to hydrolysis) is 1. The monoisotopic (exact) mass is 370 g/mol. The van der Waals surface area contributed by atoms with Crippen LogP contribution in [-0.2, 0) is 32.3 Å². The van der Waals surface area contributed by atoms with Crippen LogP contribution in [0.25, 0.3) is 0 Å². The van der Waals surface area contributed by atoms with Crippen molar-refractivity contribution in [2.45, 2.75) is 32.1 Å². The van der Waals surface area contributed by atoms with Crippen LogP contribution in [-0.4, -0.2) is 24.1 Å². The van der Waals surface area contributed by atoms with Gasteiger partial charge in [-0.05, 0) is 24.0 Å². The van der Waals surface area contributed by atoms with E-state index in [-0.39, 0.29) is 19.6 Å². The first-order valence-corrected chi connectivity index (χ1v) is 8.42. The number of amides is 1. The van der Waals surface area contributed by atoms with Gasteiger partial charge in [-0.2, -0.15) is 0 Å². The highest BCUT2D eigenvalue weighted by Crippen LogP contribution is 2.06. The molecule has 0 aliphatic carbocycles. The van der Waals surface area contributed by atoms with E-state index < -0.39 is 30.5 Å². The fraction of sp³-hybridized carbons (Fsp3) is 0.250. The van der Waals surface area contributed by atoms with Crippen molar-refractivity contribution in [2.75, 3.05) is 0 Å². The quantitative estimate of drug-likeness (QED) is 0.672. The molecule has 27 heavy (non-hydrogen) atoms. The Morgan fingerprint density at radius 3 is 1.89 bits per heavy atom. The molecular weight excluding hydrogens is 350 g/mol. The number of aliphatic carboxylic acids is 1. The van der Waals surface area contributed by atoms with Gasteiger partial charge in [-0.25, -0.2) is 9.59 Å². The highest BCUT2D eigenvalue weighted by atomic mass is 16.6. The smallest absolute Gasteiger partial charge is 0.408 e. The molecule has 0 spiro atoms. The molecule has 0 aliphatic heterocycles. The number of carbonyl (C=O) groups excluding carboxylic acids is 3. The molecule has 0 fully saturated rings. The molecule has 0 aromatic heterocycles. The standard InChI is InChI=1S/C20H21NO6/c22-18(23)12-11-17(19(24)26-13-15-7-3-1-4-8-15)21-20(25)27-14-16-9-5-2-6-10-16/h1-10,17H,11-14H2,(H,21,25)(H,22,23)/p-1/t17-/m1/s1. The molecule has 1 amide bonds. The summed E-state index contributed by atoms with van der Waals surface area (Å²) in [6, 6.07) is 16.9. The van der Waals surface area contributed by atoms with Crippen LogP contribution < -0.4 is 10.4 Å². The zero-order valence-corrected chi connectivity index (χ0v) is 14.6. The van der Waals surface area contributed by atoms with Crippen molar-refractivity contribution in [3.63, 3.8) is 0 Å². The minimum atomic E-state index is -1.32. The molecular formula is C20H20NO6-. The van der Waals surface area contributed by atoms with Crippen LogP contribution in [0.4, 0.5) is 4.79 Å². The van der Waals surface area contributed by atoms with E-state index in [0.717, 1.165) is 11.1 Å². The molecule has 0 unspecified atom stereocenters. The van der Waals surface area contributed by atoms with Gasteiger partial charge in [0.25, 0.3) is 0 Å². The number of nitrogens with one attached hydrogen (secondary N) is 1. The molecule has 1 N–H and O–H groups in total. The number of ether oxygens (including phenoxy) is 2. The lowest BCUT2D eigenvalue weighted by molar-refractivity contribution is -0.305. The molecule has 7 nitrogen and oxygen atoms in total. The van der Waals surface area contributed by atoms with E-state index in [4.69, 9.17) is 9.47 Å². The third-order valence-electron chi connectivity index (χ3n) is 3.65. The Kier molecular flexibility index (Phi) is 7.84. The number of hydrogen-bond acceptors (Lipinski definition) is 6. The highest BCUT2D eigenvalue weighted by Gasteiger charge is 2.23. The lowest BCUT2D eigenvalue weighted by Gasteiger charge is -2.18. The Hall–Kier alpha value is -3.35. The van der Waals surface area contributed by atoms with E-state index in [1.54, 1.807) is 48.5 Å². The van der Waals surface area contributed by atoms with Gasteiger partial charge in [-0.3, -0.25) is 0 Å². The summed E-state index contributed by atoms with van der Waals surface area (Å²) < 4.78 is 10.2. The second kappa shape index (κ2) is 10.6.